The number of nitriles is 1. The molecule has 0 heterocycles. The van der Waals surface area contributed by atoms with E-state index in [-0.39, 0.29) is 30.0 Å². The highest BCUT2D eigenvalue weighted by atomic mass is 32.2. The number of nitrogens with one attached hydrogen (secondary N) is 2. The van der Waals surface area contributed by atoms with Crippen LogP contribution in [0.1, 0.15) is 12.0 Å². The van der Waals surface area contributed by atoms with E-state index in [4.69, 9.17) is 5.26 Å². The molecule has 0 aliphatic heterocycles. The average molecular weight is 373 g/mol. The molecule has 1 unspecified atom stereocenters. The van der Waals surface area contributed by atoms with Gasteiger partial charge in [0, 0.05) is 6.54 Å². The molecule has 0 saturated carbocycles. The number of amides is 1. The van der Waals surface area contributed by atoms with E-state index in [2.05, 4.69) is 10.0 Å². The molecule has 2 aromatic rings. The molecule has 0 aliphatic carbocycles. The Bertz CT molecular complexity index is 875. The van der Waals surface area contributed by atoms with Gasteiger partial charge in [-0.15, -0.1) is 0 Å². The molecule has 1 amide bonds. The van der Waals surface area contributed by atoms with Crippen molar-refractivity contribution in [1.82, 2.24) is 10.0 Å². The average Bonchev–Trinajstić information content (AvgIpc) is 2.63. The van der Waals surface area contributed by atoms with Crippen LogP contribution in [0.25, 0.3) is 0 Å². The number of benzene rings is 2. The smallest absolute Gasteiger partial charge is 0.241 e. The number of rotatable bonds is 8. The van der Waals surface area contributed by atoms with E-state index in [1.165, 1.54) is 24.3 Å². The van der Waals surface area contributed by atoms with Crippen LogP contribution in [0.5, 0.6) is 5.75 Å². The molecule has 3 N–H and O–H groups in total. The van der Waals surface area contributed by atoms with E-state index < -0.39 is 22.0 Å². The number of carbonyl (C=O) groups excluding carboxylic acids is 1. The zero-order chi connectivity index (χ0) is 19.0. The lowest BCUT2D eigenvalue weighted by Crippen LogP contribution is -2.48. The summed E-state index contributed by atoms with van der Waals surface area (Å²) in [4.78, 5) is 12.5. The van der Waals surface area contributed by atoms with E-state index in [1.807, 2.05) is 6.07 Å². The van der Waals surface area contributed by atoms with Crippen LogP contribution in [0, 0.1) is 11.3 Å². The zero-order valence-electron chi connectivity index (χ0n) is 13.9. The Balaban J connectivity index is 2.20. The van der Waals surface area contributed by atoms with E-state index >= 15 is 0 Å². The monoisotopic (exact) mass is 373 g/mol. The van der Waals surface area contributed by atoms with Gasteiger partial charge in [0.05, 0.1) is 17.4 Å². The first kappa shape index (κ1) is 19.4. The molecule has 8 heteroatoms. The molecule has 0 aliphatic rings. The summed E-state index contributed by atoms with van der Waals surface area (Å²) in [5.74, 6) is -0.443. The highest BCUT2D eigenvalue weighted by Gasteiger charge is 2.25. The molecular weight excluding hydrogens is 354 g/mol. The molecule has 0 fully saturated rings. The lowest BCUT2D eigenvalue weighted by Gasteiger charge is -2.18. The lowest BCUT2D eigenvalue weighted by molar-refractivity contribution is -0.122. The van der Waals surface area contributed by atoms with Crippen molar-refractivity contribution in [3.63, 3.8) is 0 Å². The van der Waals surface area contributed by atoms with Crippen molar-refractivity contribution >= 4 is 15.9 Å². The van der Waals surface area contributed by atoms with Gasteiger partial charge in [-0.25, -0.2) is 8.42 Å². The maximum atomic E-state index is 12.5. The Labute approximate surface area is 152 Å². The van der Waals surface area contributed by atoms with Gasteiger partial charge in [-0.3, -0.25) is 4.79 Å². The molecule has 1 atom stereocenters. The third-order valence-electron chi connectivity index (χ3n) is 3.58. The summed E-state index contributed by atoms with van der Waals surface area (Å²) < 4.78 is 27.5. The number of hydrogen-bond donors (Lipinski definition) is 3. The van der Waals surface area contributed by atoms with Gasteiger partial charge in [0.15, 0.2) is 0 Å². The van der Waals surface area contributed by atoms with Gasteiger partial charge in [-0.1, -0.05) is 30.3 Å². The second-order valence-electron chi connectivity index (χ2n) is 5.56. The minimum Gasteiger partial charge on any atom is -0.508 e. The highest BCUT2D eigenvalue weighted by Crippen LogP contribution is 2.14. The third kappa shape index (κ3) is 5.58. The number of aromatic hydroxyl groups is 1. The maximum Gasteiger partial charge on any atom is 0.241 e. The maximum absolute atomic E-state index is 12.5. The van der Waals surface area contributed by atoms with E-state index in [0.717, 1.165) is 0 Å². The Morgan fingerprint density at radius 3 is 2.38 bits per heavy atom. The topological polar surface area (TPSA) is 119 Å². The summed E-state index contributed by atoms with van der Waals surface area (Å²) in [6, 6.07) is 14.8. The standard InChI is InChI=1S/C18H19N3O4S/c19-11-4-12-20-18(23)17(13-14-7-9-15(22)10-8-14)21-26(24,25)16-5-2-1-3-6-16/h1-3,5-10,17,21-22H,4,12-13H2,(H,20,23). The van der Waals surface area contributed by atoms with Crippen LogP contribution < -0.4 is 10.0 Å². The van der Waals surface area contributed by atoms with Crippen molar-refractivity contribution in [2.75, 3.05) is 6.54 Å². The van der Waals surface area contributed by atoms with Crippen LogP contribution >= 0.6 is 0 Å². The molecule has 2 rings (SSSR count). The van der Waals surface area contributed by atoms with Crippen molar-refractivity contribution in [1.29, 1.82) is 5.26 Å². The molecule has 136 valence electrons. The number of hydrogen-bond acceptors (Lipinski definition) is 5. The number of phenolic OH excluding ortho intramolecular Hbond substituents is 1. The minimum absolute atomic E-state index is 0.0560. The Hall–Kier alpha value is -2.89. The number of nitrogens with zero attached hydrogens (tertiary/aromatic N) is 1. The van der Waals surface area contributed by atoms with Crippen LogP contribution in [-0.4, -0.2) is 32.0 Å². The minimum atomic E-state index is -3.89. The summed E-state index contributed by atoms with van der Waals surface area (Å²) >= 11 is 0. The largest absolute Gasteiger partial charge is 0.508 e. The summed E-state index contributed by atoms with van der Waals surface area (Å²) in [7, 11) is -3.89. The van der Waals surface area contributed by atoms with Crippen LogP contribution in [0.3, 0.4) is 0 Å². The fourth-order valence-corrected chi connectivity index (χ4v) is 3.49. The fraction of sp³-hybridized carbons (Fsp3) is 0.222. The van der Waals surface area contributed by atoms with Gasteiger partial charge in [0.25, 0.3) is 0 Å². The normalized spacial score (nSPS) is 12.1. The van der Waals surface area contributed by atoms with E-state index in [0.29, 0.717) is 5.56 Å². The summed E-state index contributed by atoms with van der Waals surface area (Å²) in [5, 5.41) is 20.5. The van der Waals surface area contributed by atoms with Gasteiger partial charge < -0.3 is 10.4 Å². The number of sulfonamides is 1. The molecule has 2 aromatic carbocycles. The fourth-order valence-electron chi connectivity index (χ4n) is 2.28. The van der Waals surface area contributed by atoms with Crippen LogP contribution in [0.4, 0.5) is 0 Å². The molecule has 26 heavy (non-hydrogen) atoms. The van der Waals surface area contributed by atoms with Crippen LogP contribution in [-0.2, 0) is 21.2 Å². The van der Waals surface area contributed by atoms with Crippen molar-refractivity contribution in [2.24, 2.45) is 0 Å². The second-order valence-corrected chi connectivity index (χ2v) is 7.27. The quantitative estimate of drug-likeness (QED) is 0.603. The number of carbonyl (C=O) groups is 1. The first-order valence-corrected chi connectivity index (χ1v) is 9.40. The Morgan fingerprint density at radius 1 is 1.12 bits per heavy atom. The first-order chi connectivity index (χ1) is 12.4. The SMILES string of the molecule is N#CCCNC(=O)C(Cc1ccc(O)cc1)NS(=O)(=O)c1ccccc1. The summed E-state index contributed by atoms with van der Waals surface area (Å²) in [6.07, 6.45) is 0.230. The van der Waals surface area contributed by atoms with Crippen molar-refractivity contribution < 1.29 is 18.3 Å². The van der Waals surface area contributed by atoms with Gasteiger partial charge >= 0.3 is 0 Å². The summed E-state index contributed by atoms with van der Waals surface area (Å²) in [6.45, 7) is 0.133. The predicted octanol–water partition coefficient (Wildman–Crippen LogP) is 1.31. The number of phenols is 1. The molecule has 0 radical (unpaired) electrons. The first-order valence-electron chi connectivity index (χ1n) is 7.92. The molecular formula is C18H19N3O4S. The van der Waals surface area contributed by atoms with E-state index in [9.17, 15) is 18.3 Å². The Kier molecular flexibility index (Phi) is 6.72. The van der Waals surface area contributed by atoms with Crippen molar-refractivity contribution in [2.45, 2.75) is 23.8 Å². The van der Waals surface area contributed by atoms with Gasteiger partial charge in [0.1, 0.15) is 11.8 Å². The highest BCUT2D eigenvalue weighted by molar-refractivity contribution is 7.89. The van der Waals surface area contributed by atoms with Crippen molar-refractivity contribution in [3.05, 3.63) is 60.2 Å². The Morgan fingerprint density at radius 2 is 1.77 bits per heavy atom. The third-order valence-corrected chi connectivity index (χ3v) is 5.07. The molecule has 7 nitrogen and oxygen atoms in total. The van der Waals surface area contributed by atoms with Crippen LogP contribution in [0.2, 0.25) is 0 Å². The van der Waals surface area contributed by atoms with Crippen LogP contribution in [0.15, 0.2) is 59.5 Å². The van der Waals surface area contributed by atoms with E-state index in [1.54, 1.807) is 30.3 Å². The van der Waals surface area contributed by atoms with Gasteiger partial charge in [-0.2, -0.15) is 9.98 Å². The van der Waals surface area contributed by atoms with Gasteiger partial charge in [-0.05, 0) is 36.2 Å². The predicted molar refractivity (Wildman–Crippen MR) is 95.6 cm³/mol. The molecule has 0 bridgehead atoms. The van der Waals surface area contributed by atoms with Gasteiger partial charge in [0.2, 0.25) is 15.9 Å². The zero-order valence-corrected chi connectivity index (χ0v) is 14.7. The van der Waals surface area contributed by atoms with Crippen molar-refractivity contribution in [3.8, 4) is 11.8 Å². The molecule has 0 spiro atoms. The second kappa shape index (κ2) is 8.99. The molecule has 0 saturated heterocycles. The summed E-state index contributed by atoms with van der Waals surface area (Å²) in [5.41, 5.74) is 0.680. The lowest BCUT2D eigenvalue weighted by atomic mass is 10.1. The molecule has 0 aromatic heterocycles.